The lowest BCUT2D eigenvalue weighted by molar-refractivity contribution is -0.120. The fourth-order valence-electron chi connectivity index (χ4n) is 3.06. The van der Waals surface area contributed by atoms with Crippen LogP contribution >= 0.6 is 0 Å². The molecule has 29 heavy (non-hydrogen) atoms. The van der Waals surface area contributed by atoms with Gasteiger partial charge in [0.2, 0.25) is 11.8 Å². The molecule has 1 saturated carbocycles. The first-order chi connectivity index (χ1) is 14.2. The number of hydrogen-bond acceptors (Lipinski definition) is 4. The molecule has 1 N–H and O–H groups in total. The number of rotatable bonds is 9. The Morgan fingerprint density at radius 2 is 1.86 bits per heavy atom. The van der Waals surface area contributed by atoms with Crippen LogP contribution in [0.25, 0.3) is 10.9 Å². The van der Waals surface area contributed by atoms with E-state index in [1.54, 1.807) is 0 Å². The standard InChI is InChI=1S/C24H26N2O3/c1-2-23(27)25-14-13-17-5-11-22-19(15-17)6-12-24(26-22)29-21-9-7-20(8-10-21)28-16-18-3-4-18/h5-12,15,18H,2-4,13-14,16H2,1H3,(H,25,27). The summed E-state index contributed by atoms with van der Waals surface area (Å²) in [6.45, 7) is 3.31. The number of nitrogens with one attached hydrogen (secondary N) is 1. The smallest absolute Gasteiger partial charge is 0.219 e. The van der Waals surface area contributed by atoms with Crippen LogP contribution in [0.3, 0.4) is 0 Å². The van der Waals surface area contributed by atoms with E-state index in [9.17, 15) is 4.79 Å². The fourth-order valence-corrected chi connectivity index (χ4v) is 3.06. The van der Waals surface area contributed by atoms with Gasteiger partial charge in [-0.1, -0.05) is 13.0 Å². The van der Waals surface area contributed by atoms with Crippen LogP contribution in [0.1, 0.15) is 31.7 Å². The van der Waals surface area contributed by atoms with Gasteiger partial charge in [-0.05, 0) is 73.2 Å². The van der Waals surface area contributed by atoms with E-state index in [-0.39, 0.29) is 5.91 Å². The highest BCUT2D eigenvalue weighted by Gasteiger charge is 2.21. The number of carbonyl (C=O) groups is 1. The van der Waals surface area contributed by atoms with E-state index in [2.05, 4.69) is 16.4 Å². The molecule has 1 aliphatic rings. The molecule has 0 radical (unpaired) electrons. The molecule has 5 heteroatoms. The molecule has 0 aliphatic heterocycles. The van der Waals surface area contributed by atoms with Gasteiger partial charge in [0.25, 0.3) is 0 Å². The molecule has 4 rings (SSSR count). The van der Waals surface area contributed by atoms with Crippen molar-refractivity contribution in [3.63, 3.8) is 0 Å². The summed E-state index contributed by atoms with van der Waals surface area (Å²) < 4.78 is 11.7. The first kappa shape index (κ1) is 19.2. The number of fused-ring (bicyclic) bond motifs is 1. The minimum absolute atomic E-state index is 0.0803. The Hall–Kier alpha value is -3.08. The Morgan fingerprint density at radius 3 is 2.62 bits per heavy atom. The molecule has 1 fully saturated rings. The summed E-state index contributed by atoms with van der Waals surface area (Å²) in [5.41, 5.74) is 2.05. The summed E-state index contributed by atoms with van der Waals surface area (Å²) >= 11 is 0. The van der Waals surface area contributed by atoms with Gasteiger partial charge in [0.05, 0.1) is 12.1 Å². The maximum absolute atomic E-state index is 11.3. The number of carbonyl (C=O) groups excluding carboxylic acids is 1. The van der Waals surface area contributed by atoms with Gasteiger partial charge in [-0.25, -0.2) is 4.98 Å². The Bertz CT molecular complexity index is 981. The van der Waals surface area contributed by atoms with Crippen molar-refractivity contribution >= 4 is 16.8 Å². The third-order valence-corrected chi connectivity index (χ3v) is 5.01. The molecule has 3 aromatic rings. The van der Waals surface area contributed by atoms with Crippen LogP contribution in [-0.4, -0.2) is 24.0 Å². The molecule has 1 aliphatic carbocycles. The monoisotopic (exact) mass is 390 g/mol. The average molecular weight is 390 g/mol. The SMILES string of the molecule is CCC(=O)NCCc1ccc2nc(Oc3ccc(OCC4CC4)cc3)ccc2c1. The highest BCUT2D eigenvalue weighted by Crippen LogP contribution is 2.30. The van der Waals surface area contributed by atoms with Crippen LogP contribution in [0.4, 0.5) is 0 Å². The minimum atomic E-state index is 0.0803. The molecule has 1 amide bonds. The molecule has 0 spiro atoms. The predicted molar refractivity (Wildman–Crippen MR) is 113 cm³/mol. The van der Waals surface area contributed by atoms with E-state index in [0.29, 0.717) is 18.8 Å². The second-order valence-corrected chi connectivity index (χ2v) is 7.46. The molecule has 0 saturated heterocycles. The molecular formula is C24H26N2O3. The van der Waals surface area contributed by atoms with Crippen molar-refractivity contribution in [3.8, 4) is 17.4 Å². The Balaban J connectivity index is 1.36. The fraction of sp³-hybridized carbons (Fsp3) is 0.333. The quantitative estimate of drug-likeness (QED) is 0.565. The normalized spacial score (nSPS) is 13.3. The number of ether oxygens (including phenoxy) is 2. The minimum Gasteiger partial charge on any atom is -0.493 e. The van der Waals surface area contributed by atoms with Crippen LogP contribution in [0.5, 0.6) is 17.4 Å². The molecule has 0 bridgehead atoms. The zero-order valence-electron chi connectivity index (χ0n) is 16.7. The number of pyridine rings is 1. The molecule has 5 nitrogen and oxygen atoms in total. The largest absolute Gasteiger partial charge is 0.493 e. The van der Waals surface area contributed by atoms with Crippen LogP contribution in [0.15, 0.2) is 54.6 Å². The third kappa shape index (κ3) is 5.47. The first-order valence-corrected chi connectivity index (χ1v) is 10.3. The van der Waals surface area contributed by atoms with Crippen molar-refractivity contribution in [2.75, 3.05) is 13.2 Å². The molecule has 0 atom stereocenters. The van der Waals surface area contributed by atoms with Gasteiger partial charge >= 0.3 is 0 Å². The van der Waals surface area contributed by atoms with E-state index in [1.165, 1.54) is 18.4 Å². The van der Waals surface area contributed by atoms with Gasteiger partial charge < -0.3 is 14.8 Å². The van der Waals surface area contributed by atoms with Gasteiger partial charge in [-0.3, -0.25) is 4.79 Å². The third-order valence-electron chi connectivity index (χ3n) is 5.01. The predicted octanol–water partition coefficient (Wildman–Crippen LogP) is 4.88. The highest BCUT2D eigenvalue weighted by molar-refractivity contribution is 5.80. The lowest BCUT2D eigenvalue weighted by Gasteiger charge is -2.09. The highest BCUT2D eigenvalue weighted by atomic mass is 16.5. The maximum atomic E-state index is 11.3. The Labute approximate surface area is 171 Å². The van der Waals surface area contributed by atoms with E-state index < -0.39 is 0 Å². The summed E-state index contributed by atoms with van der Waals surface area (Å²) in [5.74, 6) is 2.99. The topological polar surface area (TPSA) is 60.5 Å². The summed E-state index contributed by atoms with van der Waals surface area (Å²) in [5, 5.41) is 3.96. The van der Waals surface area contributed by atoms with E-state index >= 15 is 0 Å². The zero-order chi connectivity index (χ0) is 20.1. The first-order valence-electron chi connectivity index (χ1n) is 10.3. The van der Waals surface area contributed by atoms with Crippen molar-refractivity contribution in [2.45, 2.75) is 32.6 Å². The van der Waals surface area contributed by atoms with Crippen molar-refractivity contribution in [3.05, 3.63) is 60.2 Å². The number of nitrogens with zero attached hydrogens (tertiary/aromatic N) is 1. The number of benzene rings is 2. The van der Waals surface area contributed by atoms with Crippen LogP contribution in [0.2, 0.25) is 0 Å². The maximum Gasteiger partial charge on any atom is 0.219 e. The van der Waals surface area contributed by atoms with Gasteiger partial charge in [0.15, 0.2) is 0 Å². The van der Waals surface area contributed by atoms with Crippen LogP contribution < -0.4 is 14.8 Å². The van der Waals surface area contributed by atoms with Crippen LogP contribution in [0, 0.1) is 5.92 Å². The zero-order valence-corrected chi connectivity index (χ0v) is 16.7. The molecule has 0 unspecified atom stereocenters. The summed E-state index contributed by atoms with van der Waals surface area (Å²) in [4.78, 5) is 15.9. The van der Waals surface area contributed by atoms with E-state index in [0.717, 1.165) is 41.3 Å². The van der Waals surface area contributed by atoms with Gasteiger partial charge in [-0.2, -0.15) is 0 Å². The average Bonchev–Trinajstić information content (AvgIpc) is 3.58. The molecule has 2 aromatic carbocycles. The molecule has 150 valence electrons. The summed E-state index contributed by atoms with van der Waals surface area (Å²) in [7, 11) is 0. The van der Waals surface area contributed by atoms with Crippen molar-refractivity contribution in [1.29, 1.82) is 0 Å². The van der Waals surface area contributed by atoms with Crippen molar-refractivity contribution in [2.24, 2.45) is 5.92 Å². The Kier molecular flexibility index (Phi) is 5.94. The number of amides is 1. The number of aromatic nitrogens is 1. The van der Waals surface area contributed by atoms with Crippen molar-refractivity contribution < 1.29 is 14.3 Å². The molecule has 1 heterocycles. The van der Waals surface area contributed by atoms with Gasteiger partial charge in [0, 0.05) is 24.4 Å². The van der Waals surface area contributed by atoms with Gasteiger partial charge in [-0.15, -0.1) is 0 Å². The van der Waals surface area contributed by atoms with E-state index in [1.807, 2.05) is 55.5 Å². The van der Waals surface area contributed by atoms with E-state index in [4.69, 9.17) is 9.47 Å². The lowest BCUT2D eigenvalue weighted by atomic mass is 10.1. The van der Waals surface area contributed by atoms with Crippen molar-refractivity contribution in [1.82, 2.24) is 10.3 Å². The summed E-state index contributed by atoms with van der Waals surface area (Å²) in [6, 6.07) is 17.7. The van der Waals surface area contributed by atoms with Crippen LogP contribution in [-0.2, 0) is 11.2 Å². The Morgan fingerprint density at radius 1 is 1.07 bits per heavy atom. The molecular weight excluding hydrogens is 364 g/mol. The summed E-state index contributed by atoms with van der Waals surface area (Å²) in [6.07, 6.45) is 3.88. The lowest BCUT2D eigenvalue weighted by Crippen LogP contribution is -2.24. The molecule has 1 aromatic heterocycles. The van der Waals surface area contributed by atoms with Gasteiger partial charge in [0.1, 0.15) is 11.5 Å². The second-order valence-electron chi connectivity index (χ2n) is 7.46. The second kappa shape index (κ2) is 8.95. The number of hydrogen-bond donors (Lipinski definition) is 1.